The molecule has 1 N–H and O–H groups in total. The van der Waals surface area contributed by atoms with Crippen LogP contribution in [0.1, 0.15) is 11.1 Å². The molecule has 0 saturated heterocycles. The van der Waals surface area contributed by atoms with Crippen LogP contribution in [0.2, 0.25) is 0 Å². The summed E-state index contributed by atoms with van der Waals surface area (Å²) in [4.78, 5) is 0. The van der Waals surface area contributed by atoms with Crippen LogP contribution in [0, 0.1) is 11.8 Å². The van der Waals surface area contributed by atoms with Crippen LogP contribution in [-0.4, -0.2) is 17.8 Å². The maximum atomic E-state index is 11.9. The van der Waals surface area contributed by atoms with Gasteiger partial charge in [0.2, 0.25) is 0 Å². The van der Waals surface area contributed by atoms with Crippen molar-refractivity contribution >= 4 is 80.7 Å². The number of alkyl halides is 6. The molecular weight excluding hydrogens is 672 g/mol. The zero-order valence-corrected chi connectivity index (χ0v) is 22.0. The quantitative estimate of drug-likeness (QED) is 0.179. The fourth-order valence-corrected chi connectivity index (χ4v) is 5.40. The molecule has 0 unspecified atom stereocenters. The van der Waals surface area contributed by atoms with E-state index in [1.165, 1.54) is 28.6 Å². The Hall–Kier alpha value is 0.930. The Kier molecular flexibility index (Phi) is 14.8. The van der Waals surface area contributed by atoms with E-state index in [4.69, 9.17) is 0 Å². The Morgan fingerprint density at radius 2 is 1.48 bits per heavy atom. The minimum atomic E-state index is -4.42. The van der Waals surface area contributed by atoms with Crippen molar-refractivity contribution < 1.29 is 61.4 Å². The molecule has 0 atom stereocenters. The van der Waals surface area contributed by atoms with Crippen molar-refractivity contribution in [1.29, 1.82) is 0 Å². The fourth-order valence-electron chi connectivity index (χ4n) is 1.18. The zero-order chi connectivity index (χ0) is 19.3. The molecule has 144 valence electrons. The van der Waals surface area contributed by atoms with E-state index >= 15 is 0 Å². The van der Waals surface area contributed by atoms with Crippen LogP contribution in [-0.2, 0) is 0 Å². The van der Waals surface area contributed by atoms with Crippen molar-refractivity contribution in [3.05, 3.63) is 47.7 Å². The molecule has 0 saturated carbocycles. The maximum Gasteiger partial charge on any atom is 1.00 e. The van der Waals surface area contributed by atoms with Gasteiger partial charge in [-0.2, -0.15) is 37.7 Å². The van der Waals surface area contributed by atoms with Gasteiger partial charge in [0, 0.05) is 57.2 Å². The predicted octanol–water partition coefficient (Wildman–Crippen LogP) is 5.10. The molecule has 0 fully saturated rings. The second-order valence-electron chi connectivity index (χ2n) is 4.05. The third-order valence-electron chi connectivity index (χ3n) is 2.12. The fraction of sp³-hybridized carbons (Fsp3) is 0.143. The average Bonchev–Trinajstić information content (AvgIpc) is 3.03. The minimum absolute atomic E-state index is 0. The third kappa shape index (κ3) is 13.0. The van der Waals surface area contributed by atoms with Crippen LogP contribution in [0.25, 0.3) is 3.58 Å². The summed E-state index contributed by atoms with van der Waals surface area (Å²) in [6.07, 6.45) is -8.38. The van der Waals surface area contributed by atoms with Crippen molar-refractivity contribution in [2.24, 2.45) is 0 Å². The largest absolute Gasteiger partial charge is 1.00 e. The molecule has 2 rings (SSSR count). The molecule has 0 aliphatic rings. The van der Waals surface area contributed by atoms with Crippen LogP contribution < -0.4 is 29.6 Å². The van der Waals surface area contributed by atoms with Crippen LogP contribution in [0.3, 0.4) is 0 Å². The average molecular weight is 678 g/mol. The van der Waals surface area contributed by atoms with Gasteiger partial charge in [-0.05, 0) is 54.5 Å². The first-order valence-electron chi connectivity index (χ1n) is 5.88. The van der Waals surface area contributed by atoms with Crippen molar-refractivity contribution in [2.75, 3.05) is 0 Å². The van der Waals surface area contributed by atoms with E-state index in [1.54, 1.807) is 44.1 Å². The molecule has 2 heterocycles. The van der Waals surface area contributed by atoms with E-state index in [0.717, 1.165) is 0 Å². The van der Waals surface area contributed by atoms with Crippen LogP contribution >= 0.6 is 77.1 Å². The smallest absolute Gasteiger partial charge is 0.870 e. The first-order chi connectivity index (χ1) is 11.4. The van der Waals surface area contributed by atoms with Gasteiger partial charge in [0.25, 0.3) is 0 Å². The molecule has 0 spiro atoms. The summed E-state index contributed by atoms with van der Waals surface area (Å²) in [5.74, 6) is 3.21. The van der Waals surface area contributed by atoms with Gasteiger partial charge in [-0.15, -0.1) is 11.3 Å². The number of rotatable bonds is 1. The van der Waals surface area contributed by atoms with Crippen molar-refractivity contribution in [3.63, 3.8) is 0 Å². The normalized spacial score (nSPS) is 11.2. The minimum Gasteiger partial charge on any atom is -0.870 e. The standard InChI is InChI=1S/C7H3BrF3IS.C7H2BrF3S.Na.H2O/c8-5-3-13-2-4(5)6(12)1-7(9,10)11;8-6-4-12-3-5(6)1-2-7(9,10)11;;/h1-3H;3-4H;;1H2/q;;+1;/p-1/b6-1+;;;. The molecule has 0 aliphatic heterocycles. The molecule has 0 aliphatic carbocycles. The van der Waals surface area contributed by atoms with Gasteiger partial charge in [0.1, 0.15) is 0 Å². The van der Waals surface area contributed by atoms with Crippen LogP contribution in [0.4, 0.5) is 26.3 Å². The molecule has 0 amide bonds. The summed E-state index contributed by atoms with van der Waals surface area (Å²) in [6.45, 7) is 0. The second-order valence-corrected chi connectivity index (χ2v) is 8.41. The Bertz CT molecular complexity index is 805. The number of hydrogen-bond donors (Lipinski definition) is 0. The molecule has 0 bridgehead atoms. The van der Waals surface area contributed by atoms with Crippen molar-refractivity contribution in [2.45, 2.75) is 12.4 Å². The van der Waals surface area contributed by atoms with E-state index < -0.39 is 12.4 Å². The maximum absolute atomic E-state index is 11.9. The molecule has 27 heavy (non-hydrogen) atoms. The van der Waals surface area contributed by atoms with Crippen LogP contribution in [0.15, 0.2) is 36.5 Å². The second kappa shape index (κ2) is 13.3. The Balaban J connectivity index is 0. The van der Waals surface area contributed by atoms with E-state index in [9.17, 15) is 26.3 Å². The van der Waals surface area contributed by atoms with E-state index in [-0.39, 0.29) is 38.6 Å². The molecular formula is C14H6Br2F6INaOS2. The van der Waals surface area contributed by atoms with Crippen molar-refractivity contribution in [3.8, 4) is 11.8 Å². The summed E-state index contributed by atoms with van der Waals surface area (Å²) >= 11 is 10.6. The topological polar surface area (TPSA) is 30.0 Å². The van der Waals surface area contributed by atoms with Crippen molar-refractivity contribution in [1.82, 2.24) is 0 Å². The number of halogens is 9. The SMILES string of the molecule is FC(F)(F)/C=C(/I)c1cscc1Br.FC(F)(F)C#Cc1cscc1Br.[Na+].[OH-]. The van der Waals surface area contributed by atoms with E-state index in [0.29, 0.717) is 26.1 Å². The molecule has 0 radical (unpaired) electrons. The number of hydrogen-bond acceptors (Lipinski definition) is 3. The third-order valence-corrected chi connectivity index (χ3v) is 6.41. The summed E-state index contributed by atoms with van der Waals surface area (Å²) < 4.78 is 72.1. The summed E-state index contributed by atoms with van der Waals surface area (Å²) in [5, 5.41) is 6.66. The van der Waals surface area contributed by atoms with Gasteiger partial charge in [0.05, 0.1) is 0 Å². The van der Waals surface area contributed by atoms with Gasteiger partial charge >= 0.3 is 41.9 Å². The molecule has 2 aromatic rings. The Morgan fingerprint density at radius 3 is 1.85 bits per heavy atom. The number of thiophene rings is 2. The van der Waals surface area contributed by atoms with Gasteiger partial charge in [0.15, 0.2) is 0 Å². The van der Waals surface area contributed by atoms with Gasteiger partial charge in [-0.1, -0.05) is 5.92 Å². The van der Waals surface area contributed by atoms with Gasteiger partial charge < -0.3 is 5.48 Å². The molecule has 0 aromatic carbocycles. The van der Waals surface area contributed by atoms with Gasteiger partial charge in [-0.3, -0.25) is 0 Å². The van der Waals surface area contributed by atoms with Gasteiger partial charge in [-0.25, -0.2) is 0 Å². The first-order valence-corrected chi connectivity index (χ1v) is 10.4. The first kappa shape index (κ1) is 30.1. The Labute approximate surface area is 211 Å². The zero-order valence-electron chi connectivity index (χ0n) is 13.1. The predicted molar refractivity (Wildman–Crippen MR) is 107 cm³/mol. The van der Waals surface area contributed by atoms with E-state index in [2.05, 4.69) is 31.9 Å². The van der Waals surface area contributed by atoms with Crippen LogP contribution in [0.5, 0.6) is 0 Å². The van der Waals surface area contributed by atoms with E-state index in [1.807, 2.05) is 5.92 Å². The summed E-state index contributed by atoms with van der Waals surface area (Å²) in [7, 11) is 0. The molecule has 2 aromatic heterocycles. The molecule has 1 nitrogen and oxygen atoms in total. The number of allylic oxidation sites excluding steroid dienone is 1. The molecule has 13 heteroatoms. The monoisotopic (exact) mass is 676 g/mol. The summed E-state index contributed by atoms with van der Waals surface area (Å²) in [6, 6.07) is 0. The Morgan fingerprint density at radius 1 is 0.963 bits per heavy atom. The summed E-state index contributed by atoms with van der Waals surface area (Å²) in [5.41, 5.74) is 0.959.